The zero-order valence-electron chi connectivity index (χ0n) is 7.87. The molecule has 0 aromatic carbocycles. The van der Waals surface area contributed by atoms with Crippen molar-refractivity contribution < 1.29 is 60.0 Å². The van der Waals surface area contributed by atoms with Gasteiger partial charge in [-0.15, -0.1) is 0 Å². The number of hydrogen-bond donors (Lipinski definition) is 5. The van der Waals surface area contributed by atoms with Gasteiger partial charge < -0.3 is 24.5 Å². The molecule has 0 saturated heterocycles. The maximum Gasteiger partial charge on any atom is 0.490 e. The van der Waals surface area contributed by atoms with Crippen molar-refractivity contribution in [3.8, 4) is 0 Å². The molecule has 110 valence electrons. The summed E-state index contributed by atoms with van der Waals surface area (Å²) in [5, 5.41) is 0. The zero-order valence-corrected chi connectivity index (χ0v) is 12.6. The van der Waals surface area contributed by atoms with E-state index in [-0.39, 0.29) is 0 Å². The van der Waals surface area contributed by atoms with Crippen molar-refractivity contribution in [2.75, 3.05) is 0 Å². The highest BCUT2D eigenvalue weighted by Gasteiger charge is 2.44. The zero-order chi connectivity index (χ0) is 14.8. The summed E-state index contributed by atoms with van der Waals surface area (Å²) in [5.41, 5.74) is 0. The van der Waals surface area contributed by atoms with Crippen LogP contribution in [0.5, 0.6) is 0 Å². The minimum Gasteiger partial charge on any atom is -0.302 e. The second-order valence-corrected chi connectivity index (χ2v) is 8.84. The van der Waals surface area contributed by atoms with Crippen LogP contribution in [-0.2, 0) is 35.5 Å². The molecular weight excluding hydrogens is 363 g/mol. The van der Waals surface area contributed by atoms with Crippen molar-refractivity contribution in [1.29, 1.82) is 0 Å². The maximum absolute atomic E-state index is 10.9. The summed E-state index contributed by atoms with van der Waals surface area (Å²) in [7, 11) is -20.8. The molecule has 4 unspecified atom stereocenters. The van der Waals surface area contributed by atoms with Crippen molar-refractivity contribution in [2.24, 2.45) is 0 Å². The van der Waals surface area contributed by atoms with Gasteiger partial charge in [0.25, 0.3) is 0 Å². The average molecular weight is 370 g/mol. The standard InChI is InChI=1S/H7O13P5/c1-15(2,3)11-17(6,7)13-18(8,9)12-16(4,5)10-14/h14H2,(H,4,5)(H,6,7)(H,8,9)(H2,1,2,3). The Morgan fingerprint density at radius 3 is 1.33 bits per heavy atom. The third-order valence-electron chi connectivity index (χ3n) is 0.755. The third-order valence-corrected chi connectivity index (χ3v) is 6.80. The predicted octanol–water partition coefficient (Wildman–Crippen LogP) is 0.237. The second-order valence-electron chi connectivity index (χ2n) is 2.25. The van der Waals surface area contributed by atoms with Crippen LogP contribution in [0.2, 0.25) is 0 Å². The summed E-state index contributed by atoms with van der Waals surface area (Å²) < 4.78 is 56.1. The molecule has 0 aliphatic heterocycles. The van der Waals surface area contributed by atoms with E-state index in [0.29, 0.717) is 0 Å². The molecule has 0 spiro atoms. The molecule has 0 aromatic heterocycles. The van der Waals surface area contributed by atoms with Crippen LogP contribution < -0.4 is 0 Å². The highest BCUT2D eigenvalue weighted by molar-refractivity contribution is 7.70. The highest BCUT2D eigenvalue weighted by atomic mass is 31.3. The van der Waals surface area contributed by atoms with Crippen molar-refractivity contribution in [1.82, 2.24) is 0 Å². The maximum atomic E-state index is 10.9. The van der Waals surface area contributed by atoms with Gasteiger partial charge in [0.05, 0.1) is 0 Å². The lowest BCUT2D eigenvalue weighted by atomic mass is 15.7. The van der Waals surface area contributed by atoms with Crippen molar-refractivity contribution in [3.05, 3.63) is 0 Å². The van der Waals surface area contributed by atoms with E-state index < -0.39 is 31.3 Å². The summed E-state index contributed by atoms with van der Waals surface area (Å²) >= 11 is 0. The van der Waals surface area contributed by atoms with Crippen LogP contribution in [0.15, 0.2) is 0 Å². The average Bonchev–Trinajstić information content (AvgIpc) is 1.93. The summed E-state index contributed by atoms with van der Waals surface area (Å²) in [6.07, 6.45) is 0. The first kappa shape index (κ1) is 19.0. The van der Waals surface area contributed by atoms with E-state index in [0.717, 1.165) is 0 Å². The Labute approximate surface area is 101 Å². The van der Waals surface area contributed by atoms with Gasteiger partial charge in [-0.1, -0.05) is 0 Å². The molecule has 0 heterocycles. The number of rotatable bonds is 7. The first-order valence-corrected chi connectivity index (χ1v) is 9.73. The quantitative estimate of drug-likeness (QED) is 0.381. The van der Waals surface area contributed by atoms with E-state index in [1.165, 1.54) is 9.47 Å². The Morgan fingerprint density at radius 1 is 0.667 bits per heavy atom. The molecule has 0 rings (SSSR count). The van der Waals surface area contributed by atoms with E-state index in [1.54, 1.807) is 0 Å². The van der Waals surface area contributed by atoms with Gasteiger partial charge in [-0.25, -0.2) is 18.3 Å². The summed E-state index contributed by atoms with van der Waals surface area (Å²) in [6, 6.07) is 0. The molecule has 0 aromatic rings. The molecule has 18 heteroatoms. The minimum atomic E-state index is -5.73. The highest BCUT2D eigenvalue weighted by Crippen LogP contribution is 2.70. The normalized spacial score (nSPS) is 22.8. The fourth-order valence-electron chi connectivity index (χ4n) is 0.444. The Kier molecular flexibility index (Phi) is 6.52. The molecule has 0 amide bonds. The van der Waals surface area contributed by atoms with Crippen LogP contribution in [0.3, 0.4) is 0 Å². The predicted molar refractivity (Wildman–Crippen MR) is 55.6 cm³/mol. The smallest absolute Gasteiger partial charge is 0.302 e. The van der Waals surface area contributed by atoms with Crippen LogP contribution in [0.25, 0.3) is 0 Å². The molecule has 5 N–H and O–H groups in total. The van der Waals surface area contributed by atoms with Gasteiger partial charge in [0.2, 0.25) is 0 Å². The number of phosphoric acid groups is 4. The molecule has 0 saturated carbocycles. The van der Waals surface area contributed by atoms with Crippen molar-refractivity contribution in [2.45, 2.75) is 0 Å². The van der Waals surface area contributed by atoms with Crippen molar-refractivity contribution in [3.63, 3.8) is 0 Å². The lowest BCUT2D eigenvalue weighted by Gasteiger charge is -2.17. The summed E-state index contributed by atoms with van der Waals surface area (Å²) in [6.45, 7) is 0. The van der Waals surface area contributed by atoms with Gasteiger partial charge in [-0.2, -0.15) is 12.9 Å². The molecule has 18 heavy (non-hydrogen) atoms. The van der Waals surface area contributed by atoms with E-state index in [1.807, 2.05) is 0 Å². The van der Waals surface area contributed by atoms with E-state index >= 15 is 0 Å². The first-order chi connectivity index (χ1) is 7.68. The Balaban J connectivity index is 4.88. The van der Waals surface area contributed by atoms with E-state index in [4.69, 9.17) is 24.5 Å². The topological polar surface area (TPSA) is 206 Å². The van der Waals surface area contributed by atoms with Crippen LogP contribution >= 0.6 is 40.8 Å². The molecule has 0 aliphatic rings. The largest absolute Gasteiger partial charge is 0.490 e. The van der Waals surface area contributed by atoms with Gasteiger partial charge in [-0.3, -0.25) is 4.31 Å². The molecule has 0 fully saturated rings. The summed E-state index contributed by atoms with van der Waals surface area (Å²) in [5.74, 6) is 0. The molecule has 13 nitrogen and oxygen atoms in total. The molecular formula is H7O13P5. The van der Waals surface area contributed by atoms with E-state index in [2.05, 4.69) is 17.2 Å². The van der Waals surface area contributed by atoms with Crippen LogP contribution in [0.1, 0.15) is 0 Å². The molecule has 0 aliphatic carbocycles. The SMILES string of the molecule is O=P(O)(O)OP(=O)(O)OP(=O)(O)OP(=O)(O)OP. The Bertz CT molecular complexity index is 466. The van der Waals surface area contributed by atoms with Gasteiger partial charge in [0.15, 0.2) is 0 Å². The van der Waals surface area contributed by atoms with Crippen LogP contribution in [-0.4, -0.2) is 24.5 Å². The number of hydrogen-bond acceptors (Lipinski definition) is 8. The summed E-state index contributed by atoms with van der Waals surface area (Å²) in [4.78, 5) is 42.3. The molecule has 4 atom stereocenters. The van der Waals surface area contributed by atoms with Gasteiger partial charge in [0, 0.05) is 9.47 Å². The van der Waals surface area contributed by atoms with Crippen molar-refractivity contribution >= 4 is 40.8 Å². The molecule has 0 radical (unpaired) electrons. The van der Waals surface area contributed by atoms with Gasteiger partial charge in [-0.05, 0) is 0 Å². The Hall–Kier alpha value is 0.990. The fourth-order valence-corrected chi connectivity index (χ4v) is 4.88. The fraction of sp³-hybridized carbons (Fsp3) is 0. The van der Waals surface area contributed by atoms with Gasteiger partial charge in [0.1, 0.15) is 0 Å². The minimum absolute atomic E-state index is 1.20. The monoisotopic (exact) mass is 370 g/mol. The van der Waals surface area contributed by atoms with E-state index in [9.17, 15) is 18.3 Å². The lowest BCUT2D eigenvalue weighted by Crippen LogP contribution is -1.95. The Morgan fingerprint density at radius 2 is 1.00 bits per heavy atom. The first-order valence-electron chi connectivity index (χ1n) is 3.24. The van der Waals surface area contributed by atoms with Gasteiger partial charge >= 0.3 is 31.3 Å². The van der Waals surface area contributed by atoms with Crippen LogP contribution in [0.4, 0.5) is 0 Å². The third kappa shape index (κ3) is 8.98. The molecule has 0 bridgehead atoms. The lowest BCUT2D eigenvalue weighted by molar-refractivity contribution is 0.197. The van der Waals surface area contributed by atoms with Crippen LogP contribution in [0, 0.1) is 0 Å². The second kappa shape index (κ2) is 6.18.